The van der Waals surface area contributed by atoms with Gasteiger partial charge in [0.1, 0.15) is 5.54 Å². The van der Waals surface area contributed by atoms with E-state index in [1.807, 2.05) is 0 Å². The van der Waals surface area contributed by atoms with Crippen LogP contribution in [0.15, 0.2) is 0 Å². The Bertz CT molecular complexity index is 248. The highest BCUT2D eigenvalue weighted by Crippen LogP contribution is 2.11. The summed E-state index contributed by atoms with van der Waals surface area (Å²) in [6, 6.07) is 2.73. The molecule has 4 nitrogen and oxygen atoms in total. The zero-order chi connectivity index (χ0) is 14.0. The first-order valence-electron chi connectivity index (χ1n) is 6.90. The summed E-state index contributed by atoms with van der Waals surface area (Å²) in [5.41, 5.74) is 5.13. The summed E-state index contributed by atoms with van der Waals surface area (Å²) in [5, 5.41) is 8.84. The molecule has 2 unspecified atom stereocenters. The van der Waals surface area contributed by atoms with Crippen LogP contribution in [-0.4, -0.2) is 43.3 Å². The lowest BCUT2D eigenvalue weighted by Crippen LogP contribution is -2.37. The molecule has 0 saturated carbocycles. The van der Waals surface area contributed by atoms with Gasteiger partial charge in [-0.2, -0.15) is 5.26 Å². The third kappa shape index (κ3) is 7.65. The van der Waals surface area contributed by atoms with Gasteiger partial charge in [0.15, 0.2) is 0 Å². The van der Waals surface area contributed by atoms with E-state index in [2.05, 4.69) is 24.8 Å². The number of rotatable bonds is 10. The van der Waals surface area contributed by atoms with Gasteiger partial charge < -0.3 is 10.5 Å². The molecule has 0 heterocycles. The van der Waals surface area contributed by atoms with Gasteiger partial charge in [-0.15, -0.1) is 0 Å². The van der Waals surface area contributed by atoms with Crippen molar-refractivity contribution in [1.82, 2.24) is 4.90 Å². The molecule has 0 aromatic rings. The molecule has 0 amide bonds. The first kappa shape index (κ1) is 17.4. The van der Waals surface area contributed by atoms with Crippen LogP contribution in [0, 0.1) is 11.3 Å². The number of nitrogens with zero attached hydrogens (tertiary/aromatic N) is 2. The van der Waals surface area contributed by atoms with E-state index in [1.165, 1.54) is 0 Å². The van der Waals surface area contributed by atoms with E-state index in [-0.39, 0.29) is 0 Å². The maximum atomic E-state index is 8.84. The summed E-state index contributed by atoms with van der Waals surface area (Å²) in [6.45, 7) is 9.06. The first-order chi connectivity index (χ1) is 8.46. The summed E-state index contributed by atoms with van der Waals surface area (Å²) in [5.74, 6) is 0. The Morgan fingerprint density at radius 1 is 1.39 bits per heavy atom. The molecule has 0 fully saturated rings. The minimum Gasteiger partial charge on any atom is -0.383 e. The number of hydrogen-bond donors (Lipinski definition) is 1. The molecule has 4 heteroatoms. The molecular formula is C14H29N3O. The predicted molar refractivity (Wildman–Crippen MR) is 75.3 cm³/mol. The molecule has 0 aromatic heterocycles. The molecule has 18 heavy (non-hydrogen) atoms. The number of hydrogen-bond acceptors (Lipinski definition) is 4. The molecule has 0 aliphatic rings. The maximum Gasteiger partial charge on any atom is 0.101 e. The highest BCUT2D eigenvalue weighted by molar-refractivity contribution is 5.00. The quantitative estimate of drug-likeness (QED) is 0.608. The molecule has 0 rings (SSSR count). The van der Waals surface area contributed by atoms with Gasteiger partial charge >= 0.3 is 0 Å². The van der Waals surface area contributed by atoms with Gasteiger partial charge in [0.05, 0.1) is 12.7 Å². The van der Waals surface area contributed by atoms with E-state index in [9.17, 15) is 0 Å². The maximum absolute atomic E-state index is 8.84. The molecule has 2 N–H and O–H groups in total. The number of nitrogens with two attached hydrogens (primary N) is 1. The Hall–Kier alpha value is -0.630. The summed E-state index contributed by atoms with van der Waals surface area (Å²) in [7, 11) is 1.74. The zero-order valence-corrected chi connectivity index (χ0v) is 12.4. The van der Waals surface area contributed by atoms with Crippen molar-refractivity contribution in [1.29, 1.82) is 5.26 Å². The molecular weight excluding hydrogens is 226 g/mol. The second kappa shape index (κ2) is 9.32. The van der Waals surface area contributed by atoms with E-state index in [4.69, 9.17) is 15.7 Å². The average molecular weight is 255 g/mol. The summed E-state index contributed by atoms with van der Waals surface area (Å²) < 4.78 is 5.14. The smallest absolute Gasteiger partial charge is 0.101 e. The molecule has 0 bridgehead atoms. The second-order valence-electron chi connectivity index (χ2n) is 5.27. The van der Waals surface area contributed by atoms with Crippen LogP contribution < -0.4 is 5.73 Å². The van der Waals surface area contributed by atoms with Gasteiger partial charge in [-0.3, -0.25) is 4.90 Å². The molecule has 106 valence electrons. The van der Waals surface area contributed by atoms with E-state index in [0.717, 1.165) is 45.4 Å². The molecule has 0 saturated heterocycles. The number of nitriles is 1. The van der Waals surface area contributed by atoms with Gasteiger partial charge in [-0.25, -0.2) is 0 Å². The number of unbranched alkanes of at least 4 members (excludes halogenated alkanes) is 1. The Balaban J connectivity index is 3.93. The van der Waals surface area contributed by atoms with E-state index in [0.29, 0.717) is 6.04 Å². The fourth-order valence-electron chi connectivity index (χ4n) is 1.88. The Labute approximate surface area is 112 Å². The second-order valence-corrected chi connectivity index (χ2v) is 5.27. The lowest BCUT2D eigenvalue weighted by Gasteiger charge is -2.28. The standard InChI is InChI=1S/C14H29N3O/c1-5-13(2)17(10-11-18-4)9-7-6-8-14(3,16)12-15/h13H,5-11,16H2,1-4H3. The zero-order valence-electron chi connectivity index (χ0n) is 12.4. The van der Waals surface area contributed by atoms with Crippen molar-refractivity contribution < 1.29 is 4.74 Å². The minimum atomic E-state index is -0.673. The molecule has 0 spiro atoms. The third-order valence-electron chi connectivity index (χ3n) is 3.44. The van der Waals surface area contributed by atoms with Crippen LogP contribution in [0.5, 0.6) is 0 Å². The van der Waals surface area contributed by atoms with Crippen LogP contribution in [0.25, 0.3) is 0 Å². The monoisotopic (exact) mass is 255 g/mol. The van der Waals surface area contributed by atoms with Crippen molar-refractivity contribution in [2.24, 2.45) is 5.73 Å². The average Bonchev–Trinajstić information content (AvgIpc) is 2.37. The number of methoxy groups -OCH3 is 1. The molecule has 0 radical (unpaired) electrons. The molecule has 2 atom stereocenters. The van der Waals surface area contributed by atoms with Crippen molar-refractivity contribution in [3.05, 3.63) is 0 Å². The van der Waals surface area contributed by atoms with Crippen LogP contribution in [0.3, 0.4) is 0 Å². The van der Waals surface area contributed by atoms with Crippen molar-refractivity contribution in [2.75, 3.05) is 26.8 Å². The van der Waals surface area contributed by atoms with Crippen molar-refractivity contribution in [2.45, 2.75) is 58.0 Å². The highest BCUT2D eigenvalue weighted by Gasteiger charge is 2.17. The van der Waals surface area contributed by atoms with Gasteiger partial charge in [-0.05, 0) is 46.1 Å². The van der Waals surface area contributed by atoms with Gasteiger partial charge in [0.25, 0.3) is 0 Å². The topological polar surface area (TPSA) is 62.3 Å². The van der Waals surface area contributed by atoms with E-state index in [1.54, 1.807) is 14.0 Å². The lowest BCUT2D eigenvalue weighted by molar-refractivity contribution is 0.121. The van der Waals surface area contributed by atoms with Crippen LogP contribution in [0.1, 0.15) is 46.5 Å². The lowest BCUT2D eigenvalue weighted by atomic mass is 9.98. The van der Waals surface area contributed by atoms with E-state index < -0.39 is 5.54 Å². The van der Waals surface area contributed by atoms with Crippen molar-refractivity contribution in [3.63, 3.8) is 0 Å². The van der Waals surface area contributed by atoms with Gasteiger partial charge in [0, 0.05) is 19.7 Å². The minimum absolute atomic E-state index is 0.584. The van der Waals surface area contributed by atoms with E-state index >= 15 is 0 Å². The largest absolute Gasteiger partial charge is 0.383 e. The predicted octanol–water partition coefficient (Wildman–Crippen LogP) is 2.14. The van der Waals surface area contributed by atoms with Crippen molar-refractivity contribution >= 4 is 0 Å². The number of ether oxygens (including phenoxy) is 1. The highest BCUT2D eigenvalue weighted by atomic mass is 16.5. The fourth-order valence-corrected chi connectivity index (χ4v) is 1.88. The van der Waals surface area contributed by atoms with Crippen molar-refractivity contribution in [3.8, 4) is 6.07 Å². The summed E-state index contributed by atoms with van der Waals surface area (Å²) in [4.78, 5) is 2.45. The normalized spacial score (nSPS) is 16.3. The third-order valence-corrected chi connectivity index (χ3v) is 3.44. The molecule has 0 aliphatic heterocycles. The van der Waals surface area contributed by atoms with Gasteiger partial charge in [-0.1, -0.05) is 6.92 Å². The van der Waals surface area contributed by atoms with Gasteiger partial charge in [0.2, 0.25) is 0 Å². The Morgan fingerprint density at radius 3 is 2.56 bits per heavy atom. The molecule has 0 aromatic carbocycles. The summed E-state index contributed by atoms with van der Waals surface area (Å²) in [6.07, 6.45) is 4.00. The van der Waals surface area contributed by atoms with Crippen LogP contribution in [0.2, 0.25) is 0 Å². The molecule has 0 aliphatic carbocycles. The van der Waals surface area contributed by atoms with Crippen LogP contribution >= 0.6 is 0 Å². The SMILES string of the molecule is CCC(C)N(CCCCC(C)(N)C#N)CCOC. The Morgan fingerprint density at radius 2 is 2.06 bits per heavy atom. The first-order valence-corrected chi connectivity index (χ1v) is 6.90. The Kier molecular flexibility index (Phi) is 8.99. The van der Waals surface area contributed by atoms with Crippen LogP contribution in [0.4, 0.5) is 0 Å². The van der Waals surface area contributed by atoms with Crippen LogP contribution in [-0.2, 0) is 4.74 Å². The fraction of sp³-hybridized carbons (Fsp3) is 0.929. The summed E-state index contributed by atoms with van der Waals surface area (Å²) >= 11 is 0.